The Hall–Kier alpha value is -4.22. The lowest BCUT2D eigenvalue weighted by Crippen LogP contribution is -2.39. The summed E-state index contributed by atoms with van der Waals surface area (Å²) in [7, 11) is 0. The highest BCUT2D eigenvalue weighted by molar-refractivity contribution is 6.04. The van der Waals surface area contributed by atoms with E-state index in [1.807, 2.05) is 19.9 Å². The molecule has 2 aliphatic rings. The number of anilines is 1. The van der Waals surface area contributed by atoms with Gasteiger partial charge in [-0.2, -0.15) is 13.2 Å². The average molecular weight is 541 g/mol. The standard InChI is InChI=1S/C27H24F4N6O2/c1-14(2)20-5-3-15-18-10-33-26(32-9-17-16-7-8-39-22(16)6-4-19(17)28)37-13-34-23(24(18)37)25(38)36(11-21(15)35-20)12-27(29,30)31/h3-6,10,13-14H,7-9,11-12H2,1-2H3,(H,32,33). The number of hydrogen-bond acceptors (Lipinski definition) is 6. The molecule has 6 rings (SSSR count). The molecule has 1 amide bonds. The first kappa shape index (κ1) is 25.1. The molecule has 1 N–H and O–H groups in total. The van der Waals surface area contributed by atoms with Crippen molar-refractivity contribution in [1.29, 1.82) is 0 Å². The zero-order chi connectivity index (χ0) is 27.5. The second-order valence-electron chi connectivity index (χ2n) is 9.92. The van der Waals surface area contributed by atoms with Crippen LogP contribution in [0.4, 0.5) is 23.5 Å². The minimum absolute atomic E-state index is 0.0352. The summed E-state index contributed by atoms with van der Waals surface area (Å²) in [5, 5.41) is 3.11. The first-order chi connectivity index (χ1) is 18.6. The van der Waals surface area contributed by atoms with Gasteiger partial charge in [0.05, 0.1) is 24.4 Å². The van der Waals surface area contributed by atoms with Crippen LogP contribution in [0.2, 0.25) is 0 Å². The van der Waals surface area contributed by atoms with E-state index in [4.69, 9.17) is 4.74 Å². The zero-order valence-electron chi connectivity index (χ0n) is 21.1. The third-order valence-corrected chi connectivity index (χ3v) is 7.01. The highest BCUT2D eigenvalue weighted by atomic mass is 19.4. The molecule has 12 heteroatoms. The SMILES string of the molecule is CC(C)c1ccc2c(n1)CN(CC(F)(F)F)C(=O)c1ncn3c(NCc4c(F)ccc5c4CCO5)ncc-2c13. The van der Waals surface area contributed by atoms with Crippen LogP contribution in [-0.4, -0.2) is 49.5 Å². The van der Waals surface area contributed by atoms with Gasteiger partial charge in [0, 0.05) is 47.1 Å². The van der Waals surface area contributed by atoms with Crippen molar-refractivity contribution in [2.75, 3.05) is 18.5 Å². The van der Waals surface area contributed by atoms with Crippen LogP contribution < -0.4 is 10.1 Å². The van der Waals surface area contributed by atoms with Gasteiger partial charge in [-0.15, -0.1) is 0 Å². The van der Waals surface area contributed by atoms with E-state index < -0.39 is 18.6 Å². The molecule has 202 valence electrons. The van der Waals surface area contributed by atoms with E-state index in [0.717, 1.165) is 10.5 Å². The van der Waals surface area contributed by atoms with Gasteiger partial charge in [0.15, 0.2) is 5.69 Å². The number of carbonyl (C=O) groups excluding carboxylic acids is 1. The van der Waals surface area contributed by atoms with Gasteiger partial charge in [0.1, 0.15) is 24.4 Å². The molecule has 8 nitrogen and oxygen atoms in total. The van der Waals surface area contributed by atoms with Crippen molar-refractivity contribution in [3.8, 4) is 16.9 Å². The number of pyridine rings is 1. The number of ether oxygens (including phenoxy) is 1. The molecule has 5 heterocycles. The lowest BCUT2D eigenvalue weighted by Gasteiger charge is -2.27. The molecular weight excluding hydrogens is 516 g/mol. The number of nitrogens with one attached hydrogen (secondary N) is 1. The summed E-state index contributed by atoms with van der Waals surface area (Å²) in [6, 6.07) is 6.56. The highest BCUT2D eigenvalue weighted by Gasteiger charge is 2.37. The quantitative estimate of drug-likeness (QED) is 0.354. The number of alkyl halides is 3. The van der Waals surface area contributed by atoms with E-state index in [2.05, 4.69) is 20.3 Å². The number of halogens is 4. The Morgan fingerprint density at radius 2 is 1.95 bits per heavy atom. The zero-order valence-corrected chi connectivity index (χ0v) is 21.1. The monoisotopic (exact) mass is 540 g/mol. The van der Waals surface area contributed by atoms with E-state index in [1.54, 1.807) is 18.3 Å². The maximum atomic E-state index is 14.7. The van der Waals surface area contributed by atoms with Gasteiger partial charge in [-0.1, -0.05) is 19.9 Å². The van der Waals surface area contributed by atoms with Crippen molar-refractivity contribution in [1.82, 2.24) is 24.3 Å². The fourth-order valence-corrected chi connectivity index (χ4v) is 5.13. The molecule has 0 spiro atoms. The summed E-state index contributed by atoms with van der Waals surface area (Å²) in [6.07, 6.45) is -1.16. The first-order valence-corrected chi connectivity index (χ1v) is 12.5. The van der Waals surface area contributed by atoms with E-state index in [1.165, 1.54) is 16.8 Å². The largest absolute Gasteiger partial charge is 0.493 e. The first-order valence-electron chi connectivity index (χ1n) is 12.5. The van der Waals surface area contributed by atoms with Crippen LogP contribution >= 0.6 is 0 Å². The number of imidazole rings is 1. The van der Waals surface area contributed by atoms with Gasteiger partial charge in [-0.25, -0.2) is 14.4 Å². The maximum absolute atomic E-state index is 14.7. The van der Waals surface area contributed by atoms with Crippen LogP contribution in [0.1, 0.15) is 52.8 Å². The summed E-state index contributed by atoms with van der Waals surface area (Å²) >= 11 is 0. The number of hydrogen-bond donors (Lipinski definition) is 1. The Morgan fingerprint density at radius 3 is 2.72 bits per heavy atom. The summed E-state index contributed by atoms with van der Waals surface area (Å²) in [5.74, 6) is -0.326. The Balaban J connectivity index is 1.47. The van der Waals surface area contributed by atoms with Crippen LogP contribution in [0.15, 0.2) is 36.8 Å². The normalized spacial score (nSPS) is 14.7. The number of nitrogens with zero attached hydrogens (tertiary/aromatic N) is 5. The van der Waals surface area contributed by atoms with Crippen molar-refractivity contribution in [3.05, 3.63) is 70.8 Å². The topological polar surface area (TPSA) is 84.7 Å². The molecule has 1 aromatic carbocycles. The Bertz CT molecular complexity index is 1610. The molecule has 0 saturated carbocycles. The Labute approximate surface area is 220 Å². The average Bonchev–Trinajstić information content (AvgIpc) is 3.54. The lowest BCUT2D eigenvalue weighted by molar-refractivity contribution is -0.141. The van der Waals surface area contributed by atoms with Crippen LogP contribution in [-0.2, 0) is 19.5 Å². The number of rotatable bonds is 5. The fourth-order valence-electron chi connectivity index (χ4n) is 5.13. The van der Waals surface area contributed by atoms with Gasteiger partial charge in [0.2, 0.25) is 5.95 Å². The molecule has 0 radical (unpaired) electrons. The van der Waals surface area contributed by atoms with Crippen LogP contribution in [0.5, 0.6) is 5.75 Å². The van der Waals surface area contributed by atoms with E-state index >= 15 is 0 Å². The molecule has 0 unspecified atom stereocenters. The number of aromatic nitrogens is 4. The van der Waals surface area contributed by atoms with E-state index in [0.29, 0.717) is 52.4 Å². The van der Waals surface area contributed by atoms with Crippen LogP contribution in [0, 0.1) is 5.82 Å². The fraction of sp³-hybridized carbons (Fsp3) is 0.333. The summed E-state index contributed by atoms with van der Waals surface area (Å²) in [4.78, 5) is 27.5. The van der Waals surface area contributed by atoms with Gasteiger partial charge in [0.25, 0.3) is 5.91 Å². The minimum atomic E-state index is -4.61. The molecule has 3 aromatic heterocycles. The summed E-state index contributed by atoms with van der Waals surface area (Å²) in [6.45, 7) is 2.65. The van der Waals surface area contributed by atoms with Crippen molar-refractivity contribution >= 4 is 17.4 Å². The smallest absolute Gasteiger partial charge is 0.406 e. The molecule has 0 atom stereocenters. The maximum Gasteiger partial charge on any atom is 0.406 e. The molecule has 2 aliphatic heterocycles. The van der Waals surface area contributed by atoms with Gasteiger partial charge in [-0.05, 0) is 24.1 Å². The molecule has 0 fully saturated rings. The van der Waals surface area contributed by atoms with Gasteiger partial charge < -0.3 is 15.0 Å². The van der Waals surface area contributed by atoms with Crippen molar-refractivity contribution in [2.45, 2.75) is 45.5 Å². The predicted octanol–water partition coefficient (Wildman–Crippen LogP) is 5.12. The highest BCUT2D eigenvalue weighted by Crippen LogP contribution is 2.36. The second kappa shape index (κ2) is 9.21. The molecule has 0 bridgehead atoms. The summed E-state index contributed by atoms with van der Waals surface area (Å²) < 4.78 is 62.2. The minimum Gasteiger partial charge on any atom is -0.493 e. The second-order valence-corrected chi connectivity index (χ2v) is 9.92. The predicted molar refractivity (Wildman–Crippen MR) is 134 cm³/mol. The van der Waals surface area contributed by atoms with E-state index in [-0.39, 0.29) is 36.5 Å². The number of benzene rings is 1. The van der Waals surface area contributed by atoms with Crippen molar-refractivity contribution in [2.24, 2.45) is 0 Å². The number of amides is 1. The Morgan fingerprint density at radius 1 is 1.13 bits per heavy atom. The van der Waals surface area contributed by atoms with E-state index in [9.17, 15) is 22.4 Å². The van der Waals surface area contributed by atoms with Crippen molar-refractivity contribution in [3.63, 3.8) is 0 Å². The summed E-state index contributed by atoms with van der Waals surface area (Å²) in [5.41, 5.74) is 3.51. The molecule has 4 aromatic rings. The lowest BCUT2D eigenvalue weighted by atomic mass is 9.99. The third kappa shape index (κ3) is 4.43. The molecule has 0 aliphatic carbocycles. The number of fused-ring (bicyclic) bond motifs is 3. The number of carbonyl (C=O) groups is 1. The molecule has 0 saturated heterocycles. The molecule has 39 heavy (non-hydrogen) atoms. The molecular formula is C27H24F4N6O2. The van der Waals surface area contributed by atoms with Crippen LogP contribution in [0.3, 0.4) is 0 Å². The van der Waals surface area contributed by atoms with Crippen molar-refractivity contribution < 1.29 is 27.1 Å². The van der Waals surface area contributed by atoms with Crippen LogP contribution in [0.25, 0.3) is 16.6 Å². The van der Waals surface area contributed by atoms with Gasteiger partial charge >= 0.3 is 6.18 Å². The Kier molecular flexibility index (Phi) is 5.92. The van der Waals surface area contributed by atoms with Gasteiger partial charge in [-0.3, -0.25) is 14.2 Å². The third-order valence-electron chi connectivity index (χ3n) is 7.01.